The highest BCUT2D eigenvalue weighted by molar-refractivity contribution is 5.25. The Morgan fingerprint density at radius 3 is 3.27 bits per heavy atom. The molecule has 0 aromatic heterocycles. The van der Waals surface area contributed by atoms with Crippen LogP contribution in [0.1, 0.15) is 13.3 Å². The van der Waals surface area contributed by atoms with Crippen molar-refractivity contribution in [3.05, 3.63) is 12.2 Å². The van der Waals surface area contributed by atoms with Gasteiger partial charge >= 0.3 is 0 Å². The van der Waals surface area contributed by atoms with Crippen LogP contribution >= 0.6 is 0 Å². The van der Waals surface area contributed by atoms with Crippen molar-refractivity contribution in [3.8, 4) is 0 Å². The summed E-state index contributed by atoms with van der Waals surface area (Å²) in [6.45, 7) is 3.28. The first-order valence-corrected chi connectivity index (χ1v) is 4.41. The Morgan fingerprint density at radius 1 is 1.64 bits per heavy atom. The molecule has 2 nitrogen and oxygen atoms in total. The normalized spacial score (nSPS) is 58.8. The van der Waals surface area contributed by atoms with Crippen molar-refractivity contribution < 1.29 is 4.74 Å². The smallest absolute Gasteiger partial charge is 0.104 e. The van der Waals surface area contributed by atoms with E-state index in [9.17, 15) is 0 Å². The zero-order valence-corrected chi connectivity index (χ0v) is 6.71. The molecule has 0 aliphatic carbocycles. The number of hydrogen-bond donors (Lipinski definition) is 1. The Kier molecular flexibility index (Phi) is 0.958. The second-order valence-corrected chi connectivity index (χ2v) is 3.98. The number of rotatable bonds is 0. The zero-order chi connectivity index (χ0) is 7.47. The molecular formula is C9H13NO. The lowest BCUT2D eigenvalue weighted by Gasteiger charge is -2.22. The van der Waals surface area contributed by atoms with Crippen LogP contribution in [0.3, 0.4) is 0 Å². The van der Waals surface area contributed by atoms with Crippen LogP contribution in [-0.4, -0.2) is 24.3 Å². The minimum Gasteiger partial charge on any atom is -0.362 e. The van der Waals surface area contributed by atoms with E-state index >= 15 is 0 Å². The molecule has 3 aliphatic rings. The fourth-order valence-electron chi connectivity index (χ4n) is 2.74. The molecule has 0 unspecified atom stereocenters. The molecule has 3 heterocycles. The molecule has 0 aromatic rings. The van der Waals surface area contributed by atoms with E-state index in [1.165, 1.54) is 6.42 Å². The topological polar surface area (TPSA) is 21.3 Å². The predicted molar refractivity (Wildman–Crippen MR) is 42.3 cm³/mol. The molecule has 3 rings (SSSR count). The monoisotopic (exact) mass is 151 g/mol. The van der Waals surface area contributed by atoms with Crippen molar-refractivity contribution in [1.82, 2.24) is 5.32 Å². The molecule has 3 aliphatic heterocycles. The average Bonchev–Trinajstić information content (AvgIpc) is 2.62. The molecule has 0 amide bonds. The van der Waals surface area contributed by atoms with E-state index in [-0.39, 0.29) is 5.60 Å². The van der Waals surface area contributed by atoms with E-state index in [1.54, 1.807) is 0 Å². The molecule has 2 bridgehead atoms. The van der Waals surface area contributed by atoms with Crippen LogP contribution in [0.15, 0.2) is 12.2 Å². The Morgan fingerprint density at radius 2 is 2.55 bits per heavy atom. The number of nitrogens with one attached hydrogen (secondary N) is 1. The van der Waals surface area contributed by atoms with Crippen molar-refractivity contribution in [1.29, 1.82) is 0 Å². The summed E-state index contributed by atoms with van der Waals surface area (Å²) in [5.74, 6) is 0.734. The van der Waals surface area contributed by atoms with Gasteiger partial charge in [-0.3, -0.25) is 0 Å². The first-order chi connectivity index (χ1) is 5.30. The third kappa shape index (κ3) is 0.603. The highest BCUT2D eigenvalue weighted by Crippen LogP contribution is 2.47. The molecular weight excluding hydrogens is 138 g/mol. The average molecular weight is 151 g/mol. The molecule has 0 radical (unpaired) electrons. The summed E-state index contributed by atoms with van der Waals surface area (Å²) in [6, 6.07) is 0.643. The molecule has 1 N–H and O–H groups in total. The van der Waals surface area contributed by atoms with E-state index in [0.717, 1.165) is 12.5 Å². The lowest BCUT2D eigenvalue weighted by atomic mass is 9.82. The third-order valence-electron chi connectivity index (χ3n) is 3.38. The van der Waals surface area contributed by atoms with Gasteiger partial charge in [0.25, 0.3) is 0 Å². The van der Waals surface area contributed by atoms with Gasteiger partial charge in [0.2, 0.25) is 0 Å². The molecule has 2 fully saturated rings. The van der Waals surface area contributed by atoms with Gasteiger partial charge in [0.05, 0.1) is 6.10 Å². The first-order valence-electron chi connectivity index (χ1n) is 4.41. The summed E-state index contributed by atoms with van der Waals surface area (Å²) in [7, 11) is 0. The molecule has 2 saturated heterocycles. The summed E-state index contributed by atoms with van der Waals surface area (Å²) in [5.41, 5.74) is 0.101. The van der Waals surface area contributed by atoms with Gasteiger partial charge in [-0.05, 0) is 13.3 Å². The van der Waals surface area contributed by atoms with Crippen molar-refractivity contribution in [2.45, 2.75) is 31.1 Å². The van der Waals surface area contributed by atoms with Crippen LogP contribution in [0.2, 0.25) is 0 Å². The fourth-order valence-corrected chi connectivity index (χ4v) is 2.74. The Bertz CT molecular complexity index is 226. The van der Waals surface area contributed by atoms with Crippen LogP contribution in [0.25, 0.3) is 0 Å². The van der Waals surface area contributed by atoms with E-state index in [2.05, 4.69) is 24.4 Å². The van der Waals surface area contributed by atoms with Gasteiger partial charge in [0.1, 0.15) is 5.60 Å². The minimum absolute atomic E-state index is 0.101. The summed E-state index contributed by atoms with van der Waals surface area (Å²) < 4.78 is 5.88. The van der Waals surface area contributed by atoms with Gasteiger partial charge in [0.15, 0.2) is 0 Å². The molecule has 2 heteroatoms. The fraction of sp³-hybridized carbons (Fsp3) is 0.778. The Hall–Kier alpha value is -0.340. The van der Waals surface area contributed by atoms with E-state index < -0.39 is 0 Å². The van der Waals surface area contributed by atoms with Crippen molar-refractivity contribution >= 4 is 0 Å². The van der Waals surface area contributed by atoms with Crippen molar-refractivity contribution in [3.63, 3.8) is 0 Å². The Labute approximate surface area is 66.6 Å². The molecule has 0 saturated carbocycles. The molecule has 11 heavy (non-hydrogen) atoms. The molecule has 60 valence electrons. The predicted octanol–water partition coefficient (Wildman–Crippen LogP) is 0.692. The first kappa shape index (κ1) is 6.21. The summed E-state index contributed by atoms with van der Waals surface area (Å²) in [5, 5.41) is 3.46. The quantitative estimate of drug-likeness (QED) is 0.514. The SMILES string of the molecule is C[C@@H]1NC[C@]23C=C[C@H](C[C@@H]12)O3. The maximum Gasteiger partial charge on any atom is 0.104 e. The largest absolute Gasteiger partial charge is 0.362 e. The molecule has 1 spiro atoms. The Balaban J connectivity index is 2.03. The second kappa shape index (κ2) is 1.70. The van der Waals surface area contributed by atoms with E-state index in [4.69, 9.17) is 4.74 Å². The van der Waals surface area contributed by atoms with Gasteiger partial charge in [-0.25, -0.2) is 0 Å². The summed E-state index contributed by atoms with van der Waals surface area (Å²) in [4.78, 5) is 0. The van der Waals surface area contributed by atoms with Gasteiger partial charge in [0, 0.05) is 18.5 Å². The number of fused-ring (bicyclic) bond motifs is 1. The van der Waals surface area contributed by atoms with Gasteiger partial charge in [-0.15, -0.1) is 0 Å². The van der Waals surface area contributed by atoms with Crippen LogP contribution in [0, 0.1) is 5.92 Å². The molecule has 0 aromatic carbocycles. The second-order valence-electron chi connectivity index (χ2n) is 3.98. The maximum atomic E-state index is 5.88. The van der Waals surface area contributed by atoms with Gasteiger partial charge in [-0.2, -0.15) is 0 Å². The highest BCUT2D eigenvalue weighted by atomic mass is 16.5. The van der Waals surface area contributed by atoms with Crippen LogP contribution in [0.5, 0.6) is 0 Å². The van der Waals surface area contributed by atoms with Crippen molar-refractivity contribution in [2.24, 2.45) is 5.92 Å². The zero-order valence-electron chi connectivity index (χ0n) is 6.71. The highest BCUT2D eigenvalue weighted by Gasteiger charge is 2.55. The lowest BCUT2D eigenvalue weighted by molar-refractivity contribution is 0.0325. The van der Waals surface area contributed by atoms with Gasteiger partial charge < -0.3 is 10.1 Å². The van der Waals surface area contributed by atoms with Crippen LogP contribution in [0.4, 0.5) is 0 Å². The number of ether oxygens (including phenoxy) is 1. The number of hydrogen-bond acceptors (Lipinski definition) is 2. The van der Waals surface area contributed by atoms with Crippen LogP contribution in [-0.2, 0) is 4.74 Å². The lowest BCUT2D eigenvalue weighted by Crippen LogP contribution is -2.32. The summed E-state index contributed by atoms with van der Waals surface area (Å²) in [6.07, 6.45) is 6.15. The minimum atomic E-state index is 0.101. The summed E-state index contributed by atoms with van der Waals surface area (Å²) >= 11 is 0. The maximum absolute atomic E-state index is 5.88. The standard InChI is InChI=1S/C9H13NO/c1-6-8-4-7-2-3-9(8,11-7)5-10-6/h2-3,6-8,10H,4-5H2,1H3/t6-,7+,8-,9+/m0/s1. The van der Waals surface area contributed by atoms with Crippen molar-refractivity contribution in [2.75, 3.05) is 6.54 Å². The van der Waals surface area contributed by atoms with E-state index in [0.29, 0.717) is 12.1 Å². The van der Waals surface area contributed by atoms with E-state index in [1.807, 2.05) is 0 Å². The van der Waals surface area contributed by atoms with Gasteiger partial charge in [-0.1, -0.05) is 12.2 Å². The van der Waals surface area contributed by atoms with Crippen LogP contribution < -0.4 is 5.32 Å². The molecule has 4 atom stereocenters. The third-order valence-corrected chi connectivity index (χ3v) is 3.38.